The molecule has 0 saturated carbocycles. The topological polar surface area (TPSA) is 9.23 Å². The highest BCUT2D eigenvalue weighted by Gasteiger charge is 2.64. The molecule has 1 nitrogen and oxygen atoms in total. The van der Waals surface area contributed by atoms with E-state index >= 15 is 0 Å². The first-order valence-corrected chi connectivity index (χ1v) is 13.6. The van der Waals surface area contributed by atoms with E-state index in [9.17, 15) is 0 Å². The Kier molecular flexibility index (Phi) is 6.07. The van der Waals surface area contributed by atoms with Crippen LogP contribution < -0.4 is 0 Å². The summed E-state index contributed by atoms with van der Waals surface area (Å²) in [5, 5.41) is -0.347. The Morgan fingerprint density at radius 1 is 0.476 bits per heavy atom. The van der Waals surface area contributed by atoms with Gasteiger partial charge in [0.25, 0.3) is 15.3 Å². The molecule has 0 N–H and O–H groups in total. The van der Waals surface area contributed by atoms with E-state index in [2.05, 4.69) is 83.1 Å². The molecule has 0 aliphatic rings. The maximum Gasteiger partial charge on any atom is 0.291 e. The van der Waals surface area contributed by atoms with Gasteiger partial charge in [-0.2, -0.15) is 0 Å². The maximum atomic E-state index is 7.25. The second-order valence-electron chi connectivity index (χ2n) is 10.3. The van der Waals surface area contributed by atoms with Crippen LogP contribution in [0.1, 0.15) is 83.1 Å². The van der Waals surface area contributed by atoms with Gasteiger partial charge in [0.2, 0.25) is 0 Å². The molecule has 0 aromatic heterocycles. The summed E-state index contributed by atoms with van der Waals surface area (Å²) in [6, 6.07) is 0. The molecule has 0 bridgehead atoms. The number of halogens is 2. The first-order chi connectivity index (χ1) is 8.71. The Bertz CT molecular complexity index is 304. The van der Waals surface area contributed by atoms with Crippen LogP contribution in [0, 0.1) is 0 Å². The molecule has 21 heavy (non-hydrogen) atoms. The van der Waals surface area contributed by atoms with Crippen molar-refractivity contribution in [2.45, 2.75) is 103 Å². The molecule has 0 aliphatic carbocycles. The fourth-order valence-corrected chi connectivity index (χ4v) is 16.4. The van der Waals surface area contributed by atoms with Crippen molar-refractivity contribution in [1.29, 1.82) is 0 Å². The first kappa shape index (κ1) is 22.0. The van der Waals surface area contributed by atoms with Crippen molar-refractivity contribution in [3.63, 3.8) is 0 Å². The molecule has 0 unspecified atom stereocenters. The zero-order chi connectivity index (χ0) is 17.7. The second-order valence-corrected chi connectivity index (χ2v) is 22.7. The number of rotatable bonds is 2. The second kappa shape index (κ2) is 5.80. The van der Waals surface area contributed by atoms with E-state index < -0.39 is 15.3 Å². The van der Waals surface area contributed by atoms with Gasteiger partial charge in [-0.3, -0.25) is 0 Å². The standard InChI is InChI=1S/C16H36Cl2OSi2/c1-13(2,3)20(17,14(4,5)6)19-21(18,15(7,8)9)16(10,11)12/h1-12H3. The van der Waals surface area contributed by atoms with Crippen LogP contribution in [0.15, 0.2) is 0 Å². The van der Waals surface area contributed by atoms with E-state index in [-0.39, 0.29) is 20.2 Å². The highest BCUT2D eigenvalue weighted by atomic mass is 35.6. The monoisotopic (exact) mass is 370 g/mol. The number of hydrogen-bond acceptors (Lipinski definition) is 1. The van der Waals surface area contributed by atoms with E-state index in [1.807, 2.05) is 0 Å². The highest BCUT2D eigenvalue weighted by Crippen LogP contribution is 2.62. The minimum absolute atomic E-state index is 0.0869. The van der Waals surface area contributed by atoms with Crippen LogP contribution in [0.5, 0.6) is 0 Å². The predicted molar refractivity (Wildman–Crippen MR) is 103 cm³/mol. The molecular formula is C16H36Cl2OSi2. The molecule has 0 saturated heterocycles. The smallest absolute Gasteiger partial charge is 0.291 e. The van der Waals surface area contributed by atoms with Gasteiger partial charge in [-0.15, -0.1) is 22.2 Å². The molecule has 5 heteroatoms. The summed E-state index contributed by atoms with van der Waals surface area (Å²) >= 11 is 14.5. The Morgan fingerprint density at radius 2 is 0.619 bits per heavy atom. The lowest BCUT2D eigenvalue weighted by molar-refractivity contribution is 0.395. The lowest BCUT2D eigenvalue weighted by atomic mass is 10.2. The van der Waals surface area contributed by atoms with Crippen LogP contribution in [0.25, 0.3) is 0 Å². The fourth-order valence-electron chi connectivity index (χ4n) is 3.06. The van der Waals surface area contributed by atoms with Crippen LogP contribution in [-0.4, -0.2) is 15.3 Å². The van der Waals surface area contributed by atoms with E-state index in [1.54, 1.807) is 0 Å². The normalized spacial score (nSPS) is 16.3. The molecule has 0 fully saturated rings. The van der Waals surface area contributed by atoms with Crippen molar-refractivity contribution in [1.82, 2.24) is 0 Å². The third-order valence-electron chi connectivity index (χ3n) is 4.14. The van der Waals surface area contributed by atoms with Crippen molar-refractivity contribution < 1.29 is 4.12 Å². The summed E-state index contributed by atoms with van der Waals surface area (Å²) in [6.45, 7) is 26.3. The quantitative estimate of drug-likeness (QED) is 0.359. The molecule has 0 atom stereocenters. The summed E-state index contributed by atoms with van der Waals surface area (Å²) in [4.78, 5) is 0. The van der Waals surface area contributed by atoms with Crippen LogP contribution in [-0.2, 0) is 4.12 Å². The minimum Gasteiger partial charge on any atom is -0.432 e. The molecular weight excluding hydrogens is 335 g/mol. The van der Waals surface area contributed by atoms with E-state index in [0.29, 0.717) is 0 Å². The van der Waals surface area contributed by atoms with Crippen LogP contribution in [0.2, 0.25) is 20.2 Å². The van der Waals surface area contributed by atoms with Gasteiger partial charge in [0, 0.05) is 0 Å². The maximum absolute atomic E-state index is 7.25. The molecule has 0 heterocycles. The van der Waals surface area contributed by atoms with Gasteiger partial charge in [-0.05, 0) is 20.2 Å². The van der Waals surface area contributed by atoms with Crippen molar-refractivity contribution in [3.8, 4) is 0 Å². The van der Waals surface area contributed by atoms with E-state index in [0.717, 1.165) is 0 Å². The summed E-state index contributed by atoms with van der Waals surface area (Å²) in [7, 11) is -5.21. The zero-order valence-corrected chi connectivity index (χ0v) is 19.7. The third-order valence-corrected chi connectivity index (χ3v) is 22.3. The number of hydrogen-bond donors (Lipinski definition) is 0. The van der Waals surface area contributed by atoms with Crippen molar-refractivity contribution in [2.75, 3.05) is 0 Å². The third kappa shape index (κ3) is 4.09. The molecule has 0 aromatic rings. The zero-order valence-electron chi connectivity index (χ0n) is 16.2. The molecule has 0 amide bonds. The Morgan fingerprint density at radius 3 is 0.714 bits per heavy atom. The molecule has 0 aliphatic heterocycles. The Balaban J connectivity index is 6.15. The average Bonchev–Trinajstić information content (AvgIpc) is 2.09. The molecule has 0 rings (SSSR count). The van der Waals surface area contributed by atoms with Gasteiger partial charge in [-0.25, -0.2) is 0 Å². The van der Waals surface area contributed by atoms with E-state index in [4.69, 9.17) is 26.3 Å². The molecule has 0 spiro atoms. The van der Waals surface area contributed by atoms with Crippen molar-refractivity contribution in [3.05, 3.63) is 0 Å². The molecule has 0 aromatic carbocycles. The van der Waals surface area contributed by atoms with Gasteiger partial charge >= 0.3 is 0 Å². The van der Waals surface area contributed by atoms with Crippen molar-refractivity contribution >= 4 is 37.4 Å². The summed E-state index contributed by atoms with van der Waals surface area (Å²) in [6.07, 6.45) is 0. The largest absolute Gasteiger partial charge is 0.432 e. The lowest BCUT2D eigenvalue weighted by Crippen LogP contribution is -2.61. The van der Waals surface area contributed by atoms with Gasteiger partial charge in [-0.1, -0.05) is 83.1 Å². The van der Waals surface area contributed by atoms with Gasteiger partial charge in [0.1, 0.15) is 0 Å². The van der Waals surface area contributed by atoms with E-state index in [1.165, 1.54) is 0 Å². The Labute approximate surface area is 144 Å². The van der Waals surface area contributed by atoms with Crippen LogP contribution in [0.4, 0.5) is 0 Å². The SMILES string of the molecule is CC(C)(C)[Si](Cl)(O[Si](Cl)(C(C)(C)C)C(C)(C)C)C(C)(C)C. The summed E-state index contributed by atoms with van der Waals surface area (Å²) in [5.41, 5.74) is 0. The molecule has 128 valence electrons. The predicted octanol–water partition coefficient (Wildman–Crippen LogP) is 7.57. The minimum atomic E-state index is -2.61. The van der Waals surface area contributed by atoms with Crippen LogP contribution in [0.3, 0.4) is 0 Å². The van der Waals surface area contributed by atoms with Gasteiger partial charge in [0.05, 0.1) is 0 Å². The van der Waals surface area contributed by atoms with Gasteiger partial charge in [0.15, 0.2) is 0 Å². The molecule has 0 radical (unpaired) electrons. The fraction of sp³-hybridized carbons (Fsp3) is 1.00. The van der Waals surface area contributed by atoms with Gasteiger partial charge < -0.3 is 4.12 Å². The summed E-state index contributed by atoms with van der Waals surface area (Å²) < 4.78 is 6.89. The highest BCUT2D eigenvalue weighted by molar-refractivity contribution is 7.29. The van der Waals surface area contributed by atoms with Crippen LogP contribution >= 0.6 is 22.2 Å². The lowest BCUT2D eigenvalue weighted by Gasteiger charge is -2.55. The first-order valence-electron chi connectivity index (χ1n) is 7.79. The average molecular weight is 372 g/mol. The Hall–Kier alpha value is 0.974. The van der Waals surface area contributed by atoms with Crippen molar-refractivity contribution in [2.24, 2.45) is 0 Å². The summed E-state index contributed by atoms with van der Waals surface area (Å²) in [5.74, 6) is 0.